The summed E-state index contributed by atoms with van der Waals surface area (Å²) >= 11 is 0. The van der Waals surface area contributed by atoms with Crippen molar-refractivity contribution in [2.24, 2.45) is 5.92 Å². The molecule has 3 nitrogen and oxygen atoms in total. The molecule has 3 heteroatoms. The Kier molecular flexibility index (Phi) is 5.83. The largest absolute Gasteiger partial charge is 0.395 e. The van der Waals surface area contributed by atoms with Crippen LogP contribution in [0.5, 0.6) is 0 Å². The van der Waals surface area contributed by atoms with Crippen molar-refractivity contribution in [2.45, 2.75) is 39.5 Å². The molecule has 0 aliphatic heterocycles. The number of rotatable bonds is 6. The van der Waals surface area contributed by atoms with Crippen molar-refractivity contribution in [1.82, 2.24) is 0 Å². The minimum atomic E-state index is 0.162. The fraction of sp³-hybridized carbons (Fsp3) is 0.600. The first kappa shape index (κ1) is 14.7. The summed E-state index contributed by atoms with van der Waals surface area (Å²) in [5.41, 5.74) is 1.11. The van der Waals surface area contributed by atoms with Crippen LogP contribution in [-0.4, -0.2) is 20.0 Å². The van der Waals surface area contributed by atoms with Gasteiger partial charge in [-0.3, -0.25) is 0 Å². The van der Waals surface area contributed by atoms with Gasteiger partial charge in [-0.1, -0.05) is 26.7 Å². The van der Waals surface area contributed by atoms with Gasteiger partial charge in [-0.05, 0) is 12.8 Å². The number of carbonyl (C=O) groups is 1. The summed E-state index contributed by atoms with van der Waals surface area (Å²) in [6.07, 6.45) is 7.83. The third-order valence-corrected chi connectivity index (χ3v) is 3.21. The van der Waals surface area contributed by atoms with Crippen molar-refractivity contribution in [3.63, 3.8) is 0 Å². The molecule has 18 heavy (non-hydrogen) atoms. The molecule has 1 rings (SSSR count). The van der Waals surface area contributed by atoms with E-state index < -0.39 is 0 Å². The lowest BCUT2D eigenvalue weighted by atomic mass is 9.97. The van der Waals surface area contributed by atoms with Gasteiger partial charge in [-0.2, -0.15) is 0 Å². The second-order valence-electron chi connectivity index (χ2n) is 4.97. The highest BCUT2D eigenvalue weighted by Gasteiger charge is 2.25. The Morgan fingerprint density at radius 2 is 1.67 bits per heavy atom. The molecule has 0 saturated carbocycles. The lowest BCUT2D eigenvalue weighted by Crippen LogP contribution is -2.46. The van der Waals surface area contributed by atoms with Crippen LogP contribution in [0.3, 0.4) is 0 Å². The Morgan fingerprint density at radius 3 is 2.06 bits per heavy atom. The summed E-state index contributed by atoms with van der Waals surface area (Å²) in [7, 11) is 4.00. The van der Waals surface area contributed by atoms with Crippen LogP contribution >= 0.6 is 0 Å². The molecule has 0 N–H and O–H groups in total. The molecule has 0 aliphatic carbocycles. The topological polar surface area (TPSA) is 24.2 Å². The second kappa shape index (κ2) is 7.14. The SMILES string of the molecule is CCCC(CCC)C(=O)[n+]1ccc(N(C)C)cc1. The van der Waals surface area contributed by atoms with Gasteiger partial charge in [0.2, 0.25) is 0 Å². The van der Waals surface area contributed by atoms with E-state index >= 15 is 0 Å². The van der Waals surface area contributed by atoms with Crippen LogP contribution in [0, 0.1) is 5.92 Å². The molecule has 0 radical (unpaired) electrons. The van der Waals surface area contributed by atoms with Crippen LogP contribution in [-0.2, 0) is 0 Å². The Balaban J connectivity index is 2.81. The third kappa shape index (κ3) is 3.83. The number of pyridine rings is 1. The van der Waals surface area contributed by atoms with E-state index in [4.69, 9.17) is 0 Å². The first-order chi connectivity index (χ1) is 8.60. The highest BCUT2D eigenvalue weighted by Crippen LogP contribution is 2.14. The molecule has 100 valence electrons. The van der Waals surface area contributed by atoms with Gasteiger partial charge in [0.15, 0.2) is 12.4 Å². The lowest BCUT2D eigenvalue weighted by molar-refractivity contribution is -0.577. The summed E-state index contributed by atoms with van der Waals surface area (Å²) < 4.78 is 1.73. The average Bonchev–Trinajstić information content (AvgIpc) is 2.38. The standard InChI is InChI=1S/C15H25N2O/c1-5-7-13(8-6-2)15(18)17-11-9-14(10-12-17)16(3)4/h9-13H,5-8H2,1-4H3/q+1. The summed E-state index contributed by atoms with van der Waals surface area (Å²) in [4.78, 5) is 14.4. The van der Waals surface area contributed by atoms with Gasteiger partial charge in [0.05, 0.1) is 5.92 Å². The minimum Gasteiger partial charge on any atom is -0.377 e. The van der Waals surface area contributed by atoms with E-state index in [0.717, 1.165) is 31.4 Å². The minimum absolute atomic E-state index is 0.162. The average molecular weight is 249 g/mol. The highest BCUT2D eigenvalue weighted by molar-refractivity contribution is 5.69. The van der Waals surface area contributed by atoms with Gasteiger partial charge in [-0.15, -0.1) is 4.57 Å². The monoisotopic (exact) mass is 249 g/mol. The maximum absolute atomic E-state index is 12.4. The molecule has 1 aromatic rings. The summed E-state index contributed by atoms with van der Waals surface area (Å²) in [5, 5.41) is 0. The molecule has 0 aromatic carbocycles. The Labute approximate surface area is 110 Å². The molecule has 0 saturated heterocycles. The van der Waals surface area contributed by atoms with Crippen molar-refractivity contribution in [1.29, 1.82) is 0 Å². The molecule has 0 atom stereocenters. The summed E-state index contributed by atoms with van der Waals surface area (Å²) in [6, 6.07) is 3.96. The molecule has 1 heterocycles. The molecule has 0 aliphatic rings. The fourth-order valence-electron chi connectivity index (χ4n) is 2.16. The highest BCUT2D eigenvalue weighted by atomic mass is 16.2. The molecule has 0 spiro atoms. The maximum Gasteiger partial charge on any atom is 0.395 e. The zero-order valence-corrected chi connectivity index (χ0v) is 12.0. The molecule has 1 aromatic heterocycles. The predicted molar refractivity (Wildman–Crippen MR) is 74.9 cm³/mol. The molecule has 0 unspecified atom stereocenters. The van der Waals surface area contributed by atoms with E-state index in [9.17, 15) is 4.79 Å². The van der Waals surface area contributed by atoms with Crippen LogP contribution in [0.15, 0.2) is 24.5 Å². The zero-order chi connectivity index (χ0) is 13.5. The van der Waals surface area contributed by atoms with Gasteiger partial charge in [-0.25, -0.2) is 4.79 Å². The van der Waals surface area contributed by atoms with Crippen molar-refractivity contribution in [3.05, 3.63) is 24.5 Å². The van der Waals surface area contributed by atoms with E-state index in [-0.39, 0.29) is 11.8 Å². The number of anilines is 1. The molecule has 0 fully saturated rings. The zero-order valence-electron chi connectivity index (χ0n) is 12.0. The predicted octanol–water partition coefficient (Wildman–Crippen LogP) is 2.90. The van der Waals surface area contributed by atoms with Gasteiger partial charge < -0.3 is 4.90 Å². The quantitative estimate of drug-likeness (QED) is 0.724. The number of carbonyl (C=O) groups excluding carboxylic acids is 1. The van der Waals surface area contributed by atoms with Crippen LogP contribution in [0.25, 0.3) is 0 Å². The van der Waals surface area contributed by atoms with Crippen molar-refractivity contribution < 1.29 is 9.36 Å². The van der Waals surface area contributed by atoms with Gasteiger partial charge in [0, 0.05) is 31.9 Å². The normalized spacial score (nSPS) is 10.7. The number of aromatic nitrogens is 1. The summed E-state index contributed by atoms with van der Waals surface area (Å²) in [5.74, 6) is 0.388. The van der Waals surface area contributed by atoms with Crippen molar-refractivity contribution in [2.75, 3.05) is 19.0 Å². The first-order valence-electron chi connectivity index (χ1n) is 6.83. The van der Waals surface area contributed by atoms with Gasteiger partial charge >= 0.3 is 5.91 Å². The summed E-state index contributed by atoms with van der Waals surface area (Å²) in [6.45, 7) is 4.27. The lowest BCUT2D eigenvalue weighted by Gasteiger charge is -2.12. The smallest absolute Gasteiger partial charge is 0.377 e. The maximum atomic E-state index is 12.4. The second-order valence-corrected chi connectivity index (χ2v) is 4.97. The van der Waals surface area contributed by atoms with E-state index in [1.54, 1.807) is 4.57 Å². The van der Waals surface area contributed by atoms with Crippen LogP contribution in [0.2, 0.25) is 0 Å². The van der Waals surface area contributed by atoms with Crippen LogP contribution < -0.4 is 9.47 Å². The van der Waals surface area contributed by atoms with Gasteiger partial charge in [0.25, 0.3) is 0 Å². The Hall–Kier alpha value is -1.38. The molecule has 0 amide bonds. The molecular formula is C15H25N2O+. The molecular weight excluding hydrogens is 224 g/mol. The molecule has 0 bridgehead atoms. The fourth-order valence-corrected chi connectivity index (χ4v) is 2.16. The number of nitrogens with zero attached hydrogens (tertiary/aromatic N) is 2. The Morgan fingerprint density at radius 1 is 1.17 bits per heavy atom. The van der Waals surface area contributed by atoms with E-state index in [1.807, 2.05) is 43.5 Å². The van der Waals surface area contributed by atoms with Gasteiger partial charge in [0.1, 0.15) is 0 Å². The van der Waals surface area contributed by atoms with E-state index in [0.29, 0.717) is 0 Å². The third-order valence-electron chi connectivity index (χ3n) is 3.21. The Bertz CT molecular complexity index is 365. The first-order valence-corrected chi connectivity index (χ1v) is 6.83. The number of hydrogen-bond donors (Lipinski definition) is 0. The van der Waals surface area contributed by atoms with E-state index in [2.05, 4.69) is 13.8 Å². The van der Waals surface area contributed by atoms with E-state index in [1.165, 1.54) is 0 Å². The number of hydrogen-bond acceptors (Lipinski definition) is 2. The van der Waals surface area contributed by atoms with Crippen LogP contribution in [0.4, 0.5) is 5.69 Å². The van der Waals surface area contributed by atoms with Crippen LogP contribution in [0.1, 0.15) is 44.3 Å². The van der Waals surface area contributed by atoms with Crippen molar-refractivity contribution >= 4 is 11.6 Å². The van der Waals surface area contributed by atoms with Crippen molar-refractivity contribution in [3.8, 4) is 0 Å².